The van der Waals surface area contributed by atoms with Crippen molar-refractivity contribution in [2.24, 2.45) is 0 Å². The molecular weight excluding hydrogens is 340 g/mol. The second-order valence-corrected chi connectivity index (χ2v) is 7.29. The maximum atomic E-state index is 12.1. The molecule has 0 aliphatic rings. The third-order valence-electron chi connectivity index (χ3n) is 3.48. The Morgan fingerprint density at radius 3 is 2.44 bits per heavy atom. The molecule has 0 atom stereocenters. The highest BCUT2D eigenvalue weighted by molar-refractivity contribution is 7.89. The van der Waals surface area contributed by atoms with Crippen LogP contribution >= 0.6 is 0 Å². The molecule has 0 saturated heterocycles. The van der Waals surface area contributed by atoms with E-state index in [4.69, 9.17) is 4.84 Å². The smallest absolute Gasteiger partial charge is 0.264 e. The van der Waals surface area contributed by atoms with Crippen LogP contribution in [0.15, 0.2) is 59.5 Å². The minimum absolute atomic E-state index is 0.0742. The molecule has 0 heterocycles. The molecule has 25 heavy (non-hydrogen) atoms. The Labute approximate surface area is 147 Å². The van der Waals surface area contributed by atoms with Crippen LogP contribution in [0.3, 0.4) is 0 Å². The topological polar surface area (TPSA) is 75.7 Å². The average Bonchev–Trinajstić information content (AvgIpc) is 2.59. The fourth-order valence-electron chi connectivity index (χ4n) is 2.09. The van der Waals surface area contributed by atoms with E-state index >= 15 is 0 Å². The molecule has 0 aromatic heterocycles. The van der Waals surface area contributed by atoms with Crippen molar-refractivity contribution in [1.82, 2.24) is 4.47 Å². The normalized spacial score (nSPS) is 11.8. The molecule has 2 rings (SSSR count). The second kappa shape index (κ2) is 8.06. The van der Waals surface area contributed by atoms with Gasteiger partial charge in [0.2, 0.25) is 5.91 Å². The summed E-state index contributed by atoms with van der Waals surface area (Å²) in [6.07, 6.45) is 3.15. The number of nitrogens with one attached hydrogen (secondary N) is 1. The van der Waals surface area contributed by atoms with Gasteiger partial charge in [-0.2, -0.15) is 0 Å². The van der Waals surface area contributed by atoms with Crippen LogP contribution in [-0.2, 0) is 19.7 Å². The maximum absolute atomic E-state index is 12.1. The Morgan fingerprint density at radius 2 is 1.84 bits per heavy atom. The zero-order valence-electron chi connectivity index (χ0n) is 14.3. The van der Waals surface area contributed by atoms with Crippen LogP contribution in [0.1, 0.15) is 11.1 Å². The third kappa shape index (κ3) is 4.99. The van der Waals surface area contributed by atoms with Crippen molar-refractivity contribution in [2.45, 2.75) is 11.8 Å². The summed E-state index contributed by atoms with van der Waals surface area (Å²) in [6, 6.07) is 13.6. The van der Waals surface area contributed by atoms with E-state index in [0.29, 0.717) is 5.69 Å². The van der Waals surface area contributed by atoms with Crippen LogP contribution in [0.25, 0.3) is 6.08 Å². The Kier molecular flexibility index (Phi) is 6.08. The van der Waals surface area contributed by atoms with E-state index in [1.54, 1.807) is 6.08 Å². The van der Waals surface area contributed by atoms with E-state index in [0.717, 1.165) is 15.6 Å². The van der Waals surface area contributed by atoms with Crippen molar-refractivity contribution < 1.29 is 18.0 Å². The molecule has 0 saturated carbocycles. The van der Waals surface area contributed by atoms with E-state index in [1.165, 1.54) is 44.5 Å². The number of aryl methyl sites for hydroxylation is 1. The third-order valence-corrected chi connectivity index (χ3v) is 5.18. The van der Waals surface area contributed by atoms with Gasteiger partial charge in [0.25, 0.3) is 10.0 Å². The highest BCUT2D eigenvalue weighted by Crippen LogP contribution is 2.17. The lowest BCUT2D eigenvalue weighted by Gasteiger charge is -2.14. The standard InChI is InChI=1S/C18H20N2O4S/c1-14-5-4-6-15(13-14)7-12-18(21)19-16-8-10-17(11-9-16)25(22,23)20(2)24-3/h4-13H,1-3H3,(H,19,21)/b12-7+. The van der Waals surface area contributed by atoms with Crippen molar-refractivity contribution in [2.75, 3.05) is 19.5 Å². The summed E-state index contributed by atoms with van der Waals surface area (Å²) in [6.45, 7) is 1.98. The molecule has 0 radical (unpaired) electrons. The van der Waals surface area contributed by atoms with E-state index in [9.17, 15) is 13.2 Å². The minimum atomic E-state index is -3.70. The summed E-state index contributed by atoms with van der Waals surface area (Å²) in [5.41, 5.74) is 2.54. The number of hydrogen-bond donors (Lipinski definition) is 1. The first-order valence-corrected chi connectivity index (χ1v) is 8.96. The quantitative estimate of drug-likeness (QED) is 0.635. The second-order valence-electron chi connectivity index (χ2n) is 5.36. The summed E-state index contributed by atoms with van der Waals surface area (Å²) in [4.78, 5) is 16.7. The van der Waals surface area contributed by atoms with E-state index in [2.05, 4.69) is 5.32 Å². The van der Waals surface area contributed by atoms with Gasteiger partial charge in [0.15, 0.2) is 0 Å². The molecule has 6 nitrogen and oxygen atoms in total. The van der Waals surface area contributed by atoms with Gasteiger partial charge in [-0.15, -0.1) is 0 Å². The number of anilines is 1. The highest BCUT2D eigenvalue weighted by atomic mass is 32.2. The first-order valence-electron chi connectivity index (χ1n) is 7.52. The van der Waals surface area contributed by atoms with Gasteiger partial charge in [0.05, 0.1) is 12.0 Å². The fraction of sp³-hybridized carbons (Fsp3) is 0.167. The van der Waals surface area contributed by atoms with Gasteiger partial charge < -0.3 is 5.32 Å². The lowest BCUT2D eigenvalue weighted by atomic mass is 10.1. The van der Waals surface area contributed by atoms with Crippen LogP contribution in [0.4, 0.5) is 5.69 Å². The number of sulfonamides is 1. The number of hydrogen-bond acceptors (Lipinski definition) is 4. The molecule has 1 amide bonds. The van der Waals surface area contributed by atoms with Crippen molar-refractivity contribution >= 4 is 27.7 Å². The Morgan fingerprint density at radius 1 is 1.16 bits per heavy atom. The lowest BCUT2D eigenvalue weighted by molar-refractivity contribution is -0.111. The zero-order chi connectivity index (χ0) is 18.4. The predicted molar refractivity (Wildman–Crippen MR) is 97.2 cm³/mol. The zero-order valence-corrected chi connectivity index (χ0v) is 15.1. The van der Waals surface area contributed by atoms with Crippen molar-refractivity contribution in [3.05, 3.63) is 65.7 Å². The largest absolute Gasteiger partial charge is 0.323 e. The van der Waals surface area contributed by atoms with Gasteiger partial charge in [-0.25, -0.2) is 8.42 Å². The van der Waals surface area contributed by atoms with Crippen LogP contribution in [0.5, 0.6) is 0 Å². The van der Waals surface area contributed by atoms with Crippen molar-refractivity contribution in [3.8, 4) is 0 Å². The number of amides is 1. The predicted octanol–water partition coefficient (Wildman–Crippen LogP) is 2.83. The summed E-state index contributed by atoms with van der Waals surface area (Å²) in [7, 11) is -1.12. The van der Waals surface area contributed by atoms with Crippen LogP contribution in [-0.4, -0.2) is 33.0 Å². The van der Waals surface area contributed by atoms with E-state index in [-0.39, 0.29) is 10.8 Å². The molecule has 1 N–H and O–H groups in total. The molecule has 0 aliphatic carbocycles. The van der Waals surface area contributed by atoms with Gasteiger partial charge in [-0.05, 0) is 42.8 Å². The summed E-state index contributed by atoms with van der Waals surface area (Å²) in [5.74, 6) is -0.300. The summed E-state index contributed by atoms with van der Waals surface area (Å²) >= 11 is 0. The SMILES string of the molecule is CON(C)S(=O)(=O)c1ccc(NC(=O)/C=C/c2cccc(C)c2)cc1. The lowest BCUT2D eigenvalue weighted by Crippen LogP contribution is -2.25. The Balaban J connectivity index is 2.05. The number of benzene rings is 2. The molecule has 0 unspecified atom stereocenters. The van der Waals surface area contributed by atoms with E-state index < -0.39 is 10.0 Å². The number of hydroxylamine groups is 1. The molecular formula is C18H20N2O4S. The van der Waals surface area contributed by atoms with Crippen LogP contribution < -0.4 is 5.32 Å². The molecule has 0 bridgehead atoms. The van der Waals surface area contributed by atoms with Gasteiger partial charge in [0.1, 0.15) is 0 Å². The molecule has 2 aromatic rings. The molecule has 2 aromatic carbocycles. The number of nitrogens with zero attached hydrogens (tertiary/aromatic N) is 1. The first kappa shape index (κ1) is 18.9. The van der Waals surface area contributed by atoms with Gasteiger partial charge >= 0.3 is 0 Å². The van der Waals surface area contributed by atoms with Gasteiger partial charge in [-0.3, -0.25) is 9.63 Å². The maximum Gasteiger partial charge on any atom is 0.264 e. The number of carbonyl (C=O) groups excluding carboxylic acids is 1. The summed E-state index contributed by atoms with van der Waals surface area (Å²) < 4.78 is 24.9. The van der Waals surface area contributed by atoms with Gasteiger partial charge in [-0.1, -0.05) is 34.3 Å². The van der Waals surface area contributed by atoms with Crippen LogP contribution in [0, 0.1) is 6.92 Å². The first-order chi connectivity index (χ1) is 11.8. The molecule has 0 fully saturated rings. The highest BCUT2D eigenvalue weighted by Gasteiger charge is 2.20. The molecule has 132 valence electrons. The molecule has 0 aliphatic heterocycles. The number of carbonyl (C=O) groups is 1. The Bertz CT molecular complexity index is 874. The van der Waals surface area contributed by atoms with Crippen LogP contribution in [0.2, 0.25) is 0 Å². The monoisotopic (exact) mass is 360 g/mol. The molecule has 0 spiro atoms. The van der Waals surface area contributed by atoms with E-state index in [1.807, 2.05) is 31.2 Å². The number of rotatable bonds is 6. The molecule has 7 heteroatoms. The average molecular weight is 360 g/mol. The van der Waals surface area contributed by atoms with Crippen molar-refractivity contribution in [3.63, 3.8) is 0 Å². The summed E-state index contributed by atoms with van der Waals surface area (Å²) in [5, 5.41) is 2.68. The Hall–Kier alpha value is -2.48. The van der Waals surface area contributed by atoms with Crippen molar-refractivity contribution in [1.29, 1.82) is 0 Å². The van der Waals surface area contributed by atoms with Gasteiger partial charge in [0, 0.05) is 18.8 Å². The fourth-order valence-corrected chi connectivity index (χ4v) is 3.06. The minimum Gasteiger partial charge on any atom is -0.323 e.